The van der Waals surface area contributed by atoms with Crippen molar-refractivity contribution in [1.29, 1.82) is 0 Å². The number of aliphatic imine (C=N–C) groups is 1. The molecule has 0 spiro atoms. The highest BCUT2D eigenvalue weighted by molar-refractivity contribution is 5.92. The summed E-state index contributed by atoms with van der Waals surface area (Å²) in [6, 6.07) is 12.5. The topological polar surface area (TPSA) is 114 Å². The Morgan fingerprint density at radius 3 is 2.52 bits per heavy atom. The smallest absolute Gasteiger partial charge is 0.139 e. The zero-order valence-electron chi connectivity index (χ0n) is 18.9. The molecule has 8 nitrogen and oxygen atoms in total. The standard InChI is InChI=1S/C21H22N6.C4H7NO/c1-26-6-8-27(9-7-26)16-12-20-18(23-13-16)5-4-17(24-20)14-2-3-15-11-21(22)25-19(15)10-14;5-4(3-6)1-2-4/h2-5,10,12-13H,6-9,11H2,1H3,(H2,22,25);3H,1-2,5H2. The van der Waals surface area contributed by atoms with Crippen LogP contribution in [0.2, 0.25) is 0 Å². The lowest BCUT2D eigenvalue weighted by Gasteiger charge is -2.33. The molecule has 4 heterocycles. The Balaban J connectivity index is 0.000000332. The van der Waals surface area contributed by atoms with E-state index in [1.807, 2.05) is 18.3 Å². The van der Waals surface area contributed by atoms with Crippen molar-refractivity contribution in [3.05, 3.63) is 48.2 Å². The van der Waals surface area contributed by atoms with E-state index in [1.54, 1.807) is 0 Å². The van der Waals surface area contributed by atoms with Crippen LogP contribution in [0.3, 0.4) is 0 Å². The van der Waals surface area contributed by atoms with Gasteiger partial charge in [-0.25, -0.2) is 9.98 Å². The van der Waals surface area contributed by atoms with E-state index in [1.165, 1.54) is 5.56 Å². The number of rotatable bonds is 3. The van der Waals surface area contributed by atoms with E-state index in [0.29, 0.717) is 5.84 Å². The molecule has 0 bridgehead atoms. The molecule has 2 fully saturated rings. The highest BCUT2D eigenvalue weighted by atomic mass is 16.1. The number of carbonyl (C=O) groups is 1. The van der Waals surface area contributed by atoms with Crippen molar-refractivity contribution in [2.75, 3.05) is 38.1 Å². The van der Waals surface area contributed by atoms with Crippen molar-refractivity contribution < 1.29 is 4.79 Å². The van der Waals surface area contributed by atoms with E-state index in [9.17, 15) is 4.79 Å². The Morgan fingerprint density at radius 2 is 1.82 bits per heavy atom. The van der Waals surface area contributed by atoms with Crippen LogP contribution in [-0.2, 0) is 11.2 Å². The fourth-order valence-electron chi connectivity index (χ4n) is 4.02. The van der Waals surface area contributed by atoms with Crippen LogP contribution in [-0.4, -0.2) is 65.8 Å². The molecule has 3 aliphatic rings. The minimum Gasteiger partial charge on any atom is -0.387 e. The van der Waals surface area contributed by atoms with Crippen LogP contribution in [0.15, 0.2) is 47.6 Å². The summed E-state index contributed by atoms with van der Waals surface area (Å²) in [4.78, 5) is 28.4. The number of nitrogens with zero attached hydrogens (tertiary/aromatic N) is 5. The average Bonchev–Trinajstić information content (AvgIpc) is 3.46. The molecule has 0 amide bonds. The molecular weight excluding hydrogens is 414 g/mol. The van der Waals surface area contributed by atoms with Gasteiger partial charge in [-0.15, -0.1) is 0 Å². The number of likely N-dealkylation sites (N-methyl/N-ethyl adjacent to an activating group) is 1. The van der Waals surface area contributed by atoms with Gasteiger partial charge < -0.3 is 26.1 Å². The van der Waals surface area contributed by atoms with Gasteiger partial charge in [0.2, 0.25) is 0 Å². The first kappa shape index (κ1) is 21.5. The average molecular weight is 444 g/mol. The quantitative estimate of drug-likeness (QED) is 0.597. The normalized spacial score (nSPS) is 18.8. The molecule has 8 heteroatoms. The summed E-state index contributed by atoms with van der Waals surface area (Å²) in [7, 11) is 2.16. The predicted octanol–water partition coefficient (Wildman–Crippen LogP) is 2.27. The lowest BCUT2D eigenvalue weighted by molar-refractivity contribution is -0.109. The third-order valence-corrected chi connectivity index (χ3v) is 6.47. The van der Waals surface area contributed by atoms with Gasteiger partial charge in [0, 0.05) is 38.2 Å². The Morgan fingerprint density at radius 1 is 1.03 bits per heavy atom. The van der Waals surface area contributed by atoms with Crippen molar-refractivity contribution >= 4 is 34.5 Å². The van der Waals surface area contributed by atoms with E-state index in [4.69, 9.17) is 16.5 Å². The molecular formula is C25H29N7O. The first-order chi connectivity index (χ1) is 15.9. The molecule has 6 rings (SSSR count). The molecule has 1 saturated heterocycles. The van der Waals surface area contributed by atoms with Crippen LogP contribution in [0, 0.1) is 0 Å². The maximum Gasteiger partial charge on any atom is 0.139 e. The summed E-state index contributed by atoms with van der Waals surface area (Å²) in [6.45, 7) is 4.19. The first-order valence-corrected chi connectivity index (χ1v) is 11.3. The molecule has 1 aromatic carbocycles. The number of hydrogen-bond acceptors (Lipinski definition) is 8. The van der Waals surface area contributed by atoms with Gasteiger partial charge in [-0.1, -0.05) is 12.1 Å². The number of aromatic nitrogens is 2. The highest BCUT2D eigenvalue weighted by Gasteiger charge is 2.37. The highest BCUT2D eigenvalue weighted by Crippen LogP contribution is 2.31. The Hall–Kier alpha value is -3.36. The van der Waals surface area contributed by atoms with Crippen LogP contribution in [0.4, 0.5) is 11.4 Å². The van der Waals surface area contributed by atoms with Crippen molar-refractivity contribution in [3.63, 3.8) is 0 Å². The van der Waals surface area contributed by atoms with E-state index in [2.05, 4.69) is 51.1 Å². The maximum atomic E-state index is 9.76. The van der Waals surface area contributed by atoms with Crippen molar-refractivity contribution in [2.45, 2.75) is 24.8 Å². The monoisotopic (exact) mass is 443 g/mol. The number of anilines is 1. The summed E-state index contributed by atoms with van der Waals surface area (Å²) in [5.74, 6) is 0.676. The Bertz CT molecular complexity index is 1230. The fourth-order valence-corrected chi connectivity index (χ4v) is 4.02. The van der Waals surface area contributed by atoms with Gasteiger partial charge in [-0.2, -0.15) is 0 Å². The molecule has 2 aromatic heterocycles. The van der Waals surface area contributed by atoms with Crippen LogP contribution in [0.5, 0.6) is 0 Å². The van der Waals surface area contributed by atoms with Gasteiger partial charge >= 0.3 is 0 Å². The molecule has 0 atom stereocenters. The van der Waals surface area contributed by atoms with Crippen molar-refractivity contribution in [1.82, 2.24) is 14.9 Å². The van der Waals surface area contributed by atoms with E-state index < -0.39 is 0 Å². The lowest BCUT2D eigenvalue weighted by Crippen LogP contribution is -2.44. The first-order valence-electron chi connectivity index (χ1n) is 11.3. The van der Waals surface area contributed by atoms with Crippen LogP contribution >= 0.6 is 0 Å². The fraction of sp³-hybridized carbons (Fsp3) is 0.360. The number of nitrogens with two attached hydrogens (primary N) is 2. The molecule has 3 aromatic rings. The number of benzene rings is 1. The second-order valence-electron chi connectivity index (χ2n) is 9.19. The molecule has 170 valence electrons. The van der Waals surface area contributed by atoms with Gasteiger partial charge in [0.1, 0.15) is 12.1 Å². The number of piperazine rings is 1. The number of aldehydes is 1. The summed E-state index contributed by atoms with van der Waals surface area (Å²) in [5, 5.41) is 0. The summed E-state index contributed by atoms with van der Waals surface area (Å²) < 4.78 is 0. The summed E-state index contributed by atoms with van der Waals surface area (Å²) >= 11 is 0. The number of fused-ring (bicyclic) bond motifs is 2. The third-order valence-electron chi connectivity index (χ3n) is 6.47. The number of carbonyl (C=O) groups excluding carboxylic acids is 1. The molecule has 4 N–H and O–H groups in total. The van der Waals surface area contributed by atoms with Gasteiger partial charge in [0.15, 0.2) is 0 Å². The van der Waals surface area contributed by atoms with Crippen LogP contribution in [0.25, 0.3) is 22.3 Å². The number of pyridine rings is 2. The molecule has 2 aliphatic heterocycles. The third kappa shape index (κ3) is 4.72. The van der Waals surface area contributed by atoms with Gasteiger partial charge in [0.05, 0.1) is 39.8 Å². The Kier molecular flexibility index (Phi) is 5.55. The van der Waals surface area contributed by atoms with E-state index in [0.717, 1.165) is 85.4 Å². The molecule has 1 aliphatic carbocycles. The zero-order valence-corrected chi connectivity index (χ0v) is 18.9. The minimum atomic E-state index is -0.389. The largest absolute Gasteiger partial charge is 0.387 e. The van der Waals surface area contributed by atoms with Crippen molar-refractivity contribution in [3.8, 4) is 11.3 Å². The second-order valence-corrected chi connectivity index (χ2v) is 9.19. The molecule has 0 radical (unpaired) electrons. The SMILES string of the molecule is CN1CCN(c2cnc3ccc(-c4ccc5c(c4)N=C(N)C5)nc3c2)CC1.NC1(C=O)CC1. The number of hydrogen-bond donors (Lipinski definition) is 2. The summed E-state index contributed by atoms with van der Waals surface area (Å²) in [5.41, 5.74) is 17.9. The second kappa shape index (κ2) is 8.53. The van der Waals surface area contributed by atoms with Crippen LogP contribution < -0.4 is 16.4 Å². The molecule has 33 heavy (non-hydrogen) atoms. The minimum absolute atomic E-state index is 0.389. The van der Waals surface area contributed by atoms with E-state index >= 15 is 0 Å². The predicted molar refractivity (Wildman–Crippen MR) is 132 cm³/mol. The van der Waals surface area contributed by atoms with Gasteiger partial charge in [-0.05, 0) is 49.7 Å². The summed E-state index contributed by atoms with van der Waals surface area (Å²) in [6.07, 6.45) is 5.29. The zero-order chi connectivity index (χ0) is 23.0. The molecule has 1 saturated carbocycles. The van der Waals surface area contributed by atoms with Crippen molar-refractivity contribution in [2.24, 2.45) is 16.5 Å². The maximum absolute atomic E-state index is 9.76. The lowest BCUT2D eigenvalue weighted by atomic mass is 10.1. The number of amidine groups is 1. The van der Waals surface area contributed by atoms with Crippen LogP contribution in [0.1, 0.15) is 18.4 Å². The van der Waals surface area contributed by atoms with Gasteiger partial charge in [0.25, 0.3) is 0 Å². The molecule has 0 unspecified atom stereocenters. The Labute approximate surface area is 193 Å². The van der Waals surface area contributed by atoms with E-state index in [-0.39, 0.29) is 5.54 Å². The van der Waals surface area contributed by atoms with Gasteiger partial charge in [-0.3, -0.25) is 4.98 Å².